The Kier molecular flexibility index (Phi) is 4.88. The van der Waals surface area contributed by atoms with Crippen molar-refractivity contribution in [3.05, 3.63) is 68.0 Å². The van der Waals surface area contributed by atoms with Crippen molar-refractivity contribution < 1.29 is 4.92 Å². The summed E-state index contributed by atoms with van der Waals surface area (Å²) in [4.78, 5) is 15.0. The molecule has 5 nitrogen and oxygen atoms in total. The number of nitrogens with one attached hydrogen (secondary N) is 1. The van der Waals surface area contributed by atoms with Crippen LogP contribution in [0.2, 0.25) is 5.02 Å². The number of pyridine rings is 1. The molecule has 1 N–H and O–H groups in total. The lowest BCUT2D eigenvalue weighted by molar-refractivity contribution is -0.386. The lowest BCUT2D eigenvalue weighted by Gasteiger charge is -2.09. The number of rotatable bonds is 5. The third-order valence-corrected chi connectivity index (χ3v) is 3.55. The predicted octanol–water partition coefficient (Wildman–Crippen LogP) is 3.55. The van der Waals surface area contributed by atoms with Crippen LogP contribution in [0.1, 0.15) is 22.4 Å². The molecule has 1 aromatic heterocycles. The van der Waals surface area contributed by atoms with Gasteiger partial charge >= 0.3 is 0 Å². The van der Waals surface area contributed by atoms with Gasteiger partial charge in [0, 0.05) is 35.4 Å². The lowest BCUT2D eigenvalue weighted by Crippen LogP contribution is -2.15. The SMILES string of the molecule is Cc1cnc(CNCc2ccc(Cl)cc2)c(C)c1[N+](=O)[O-]. The largest absolute Gasteiger partial charge is 0.307 e. The fraction of sp³-hybridized carbons (Fsp3) is 0.267. The average Bonchev–Trinajstić information content (AvgIpc) is 2.43. The van der Waals surface area contributed by atoms with Crippen molar-refractivity contribution in [3.63, 3.8) is 0 Å². The maximum Gasteiger partial charge on any atom is 0.278 e. The molecule has 1 heterocycles. The van der Waals surface area contributed by atoms with E-state index in [1.165, 1.54) is 0 Å². The van der Waals surface area contributed by atoms with E-state index in [9.17, 15) is 10.1 Å². The van der Waals surface area contributed by atoms with Gasteiger partial charge in [0.05, 0.1) is 10.6 Å². The molecule has 0 atom stereocenters. The highest BCUT2D eigenvalue weighted by atomic mass is 35.5. The molecule has 2 aromatic rings. The van der Waals surface area contributed by atoms with Gasteiger partial charge in [-0.3, -0.25) is 15.1 Å². The van der Waals surface area contributed by atoms with Crippen LogP contribution in [0, 0.1) is 24.0 Å². The second-order valence-electron chi connectivity index (χ2n) is 4.85. The summed E-state index contributed by atoms with van der Waals surface area (Å²) in [5, 5.41) is 15.0. The number of nitro groups is 1. The maximum absolute atomic E-state index is 11.1. The number of halogens is 1. The highest BCUT2D eigenvalue weighted by Gasteiger charge is 2.18. The summed E-state index contributed by atoms with van der Waals surface area (Å²) in [6.45, 7) is 4.57. The molecule has 0 aliphatic carbocycles. The van der Waals surface area contributed by atoms with Gasteiger partial charge in [0.25, 0.3) is 5.69 Å². The first-order valence-corrected chi connectivity index (χ1v) is 6.91. The van der Waals surface area contributed by atoms with Crippen LogP contribution >= 0.6 is 11.6 Å². The molecular formula is C15H16ClN3O2. The van der Waals surface area contributed by atoms with E-state index in [-0.39, 0.29) is 10.6 Å². The van der Waals surface area contributed by atoms with E-state index in [0.717, 1.165) is 5.56 Å². The van der Waals surface area contributed by atoms with Crippen LogP contribution in [0.25, 0.3) is 0 Å². The third kappa shape index (κ3) is 3.77. The maximum atomic E-state index is 11.1. The molecule has 0 unspecified atom stereocenters. The number of benzene rings is 1. The number of hydrogen-bond donors (Lipinski definition) is 1. The van der Waals surface area contributed by atoms with Crippen molar-refractivity contribution in [1.29, 1.82) is 0 Å². The average molecular weight is 306 g/mol. The Morgan fingerprint density at radius 1 is 1.24 bits per heavy atom. The van der Waals surface area contributed by atoms with Crippen molar-refractivity contribution in [2.24, 2.45) is 0 Å². The minimum Gasteiger partial charge on any atom is -0.307 e. The first-order valence-electron chi connectivity index (χ1n) is 6.53. The zero-order valence-corrected chi connectivity index (χ0v) is 12.6. The normalized spacial score (nSPS) is 10.6. The molecule has 21 heavy (non-hydrogen) atoms. The van der Waals surface area contributed by atoms with E-state index in [2.05, 4.69) is 10.3 Å². The van der Waals surface area contributed by atoms with Gasteiger partial charge in [-0.2, -0.15) is 0 Å². The van der Waals surface area contributed by atoms with Crippen LogP contribution in [0.15, 0.2) is 30.5 Å². The van der Waals surface area contributed by atoms with Crippen molar-refractivity contribution in [1.82, 2.24) is 10.3 Å². The Hall–Kier alpha value is -1.98. The summed E-state index contributed by atoms with van der Waals surface area (Å²) < 4.78 is 0. The molecule has 0 fully saturated rings. The number of hydrogen-bond acceptors (Lipinski definition) is 4. The van der Waals surface area contributed by atoms with Crippen LogP contribution in [0.3, 0.4) is 0 Å². The van der Waals surface area contributed by atoms with Gasteiger partial charge in [-0.15, -0.1) is 0 Å². The van der Waals surface area contributed by atoms with E-state index in [1.54, 1.807) is 20.0 Å². The molecule has 1 aromatic carbocycles. The molecule has 2 rings (SSSR count). The van der Waals surface area contributed by atoms with Gasteiger partial charge in [-0.05, 0) is 31.5 Å². The van der Waals surface area contributed by atoms with Crippen molar-refractivity contribution >= 4 is 17.3 Å². The lowest BCUT2D eigenvalue weighted by atomic mass is 10.1. The smallest absolute Gasteiger partial charge is 0.278 e. The van der Waals surface area contributed by atoms with Gasteiger partial charge in [0.15, 0.2) is 0 Å². The van der Waals surface area contributed by atoms with Crippen molar-refractivity contribution in [2.75, 3.05) is 0 Å². The molecule has 0 spiro atoms. The zero-order chi connectivity index (χ0) is 15.4. The van der Waals surface area contributed by atoms with Crippen LogP contribution in [-0.2, 0) is 13.1 Å². The molecule has 0 saturated heterocycles. The van der Waals surface area contributed by atoms with Gasteiger partial charge in [-0.25, -0.2) is 0 Å². The minimum atomic E-state index is -0.352. The van der Waals surface area contributed by atoms with Crippen LogP contribution in [0.5, 0.6) is 0 Å². The van der Waals surface area contributed by atoms with E-state index >= 15 is 0 Å². The highest BCUT2D eigenvalue weighted by molar-refractivity contribution is 6.30. The summed E-state index contributed by atoms with van der Waals surface area (Å²) >= 11 is 5.83. The number of nitrogens with zero attached hydrogens (tertiary/aromatic N) is 2. The third-order valence-electron chi connectivity index (χ3n) is 3.29. The van der Waals surface area contributed by atoms with Gasteiger partial charge in [0.1, 0.15) is 0 Å². The second-order valence-corrected chi connectivity index (χ2v) is 5.29. The Balaban J connectivity index is 2.05. The number of aromatic nitrogens is 1. The predicted molar refractivity (Wildman–Crippen MR) is 82.4 cm³/mol. The van der Waals surface area contributed by atoms with Gasteiger partial charge < -0.3 is 5.32 Å². The summed E-state index contributed by atoms with van der Waals surface area (Å²) in [6, 6.07) is 7.54. The molecule has 6 heteroatoms. The summed E-state index contributed by atoms with van der Waals surface area (Å²) in [7, 11) is 0. The molecule has 0 radical (unpaired) electrons. The zero-order valence-electron chi connectivity index (χ0n) is 11.9. The summed E-state index contributed by atoms with van der Waals surface area (Å²) in [5.74, 6) is 0. The Labute approximate surface area is 128 Å². The van der Waals surface area contributed by atoms with Crippen molar-refractivity contribution in [3.8, 4) is 0 Å². The molecule has 0 saturated carbocycles. The van der Waals surface area contributed by atoms with Gasteiger partial charge in [0.2, 0.25) is 0 Å². The summed E-state index contributed by atoms with van der Waals surface area (Å²) in [6.07, 6.45) is 1.55. The van der Waals surface area contributed by atoms with E-state index < -0.39 is 0 Å². The molecule has 0 aliphatic rings. The quantitative estimate of drug-likeness (QED) is 0.677. The Morgan fingerprint density at radius 2 is 1.90 bits per heavy atom. The topological polar surface area (TPSA) is 68.1 Å². The highest BCUT2D eigenvalue weighted by Crippen LogP contribution is 2.23. The first kappa shape index (κ1) is 15.4. The summed E-state index contributed by atoms with van der Waals surface area (Å²) in [5.41, 5.74) is 3.13. The number of aryl methyl sites for hydroxylation is 1. The van der Waals surface area contributed by atoms with E-state index in [0.29, 0.717) is 34.9 Å². The first-order chi connectivity index (χ1) is 9.99. The molecular weight excluding hydrogens is 290 g/mol. The Bertz CT molecular complexity index is 657. The van der Waals surface area contributed by atoms with E-state index in [4.69, 9.17) is 11.6 Å². The van der Waals surface area contributed by atoms with Crippen LogP contribution < -0.4 is 5.32 Å². The van der Waals surface area contributed by atoms with Crippen LogP contribution in [0.4, 0.5) is 5.69 Å². The Morgan fingerprint density at radius 3 is 2.52 bits per heavy atom. The van der Waals surface area contributed by atoms with Crippen LogP contribution in [-0.4, -0.2) is 9.91 Å². The second kappa shape index (κ2) is 6.65. The molecule has 0 aliphatic heterocycles. The minimum absolute atomic E-state index is 0.147. The fourth-order valence-electron chi connectivity index (χ4n) is 2.15. The molecule has 0 bridgehead atoms. The fourth-order valence-corrected chi connectivity index (χ4v) is 2.28. The van der Waals surface area contributed by atoms with Crippen molar-refractivity contribution in [2.45, 2.75) is 26.9 Å². The monoisotopic (exact) mass is 305 g/mol. The molecule has 0 amide bonds. The molecule has 110 valence electrons. The standard InChI is InChI=1S/C15H16ClN3O2/c1-10-7-18-14(11(2)15(10)19(20)21)9-17-8-12-3-5-13(16)6-4-12/h3-7,17H,8-9H2,1-2H3. The van der Waals surface area contributed by atoms with E-state index in [1.807, 2.05) is 24.3 Å². The van der Waals surface area contributed by atoms with Gasteiger partial charge in [-0.1, -0.05) is 23.7 Å².